The maximum absolute atomic E-state index is 11.5. The topological polar surface area (TPSA) is 66.4 Å². The number of para-hydroxylation sites is 1. The highest BCUT2D eigenvalue weighted by molar-refractivity contribution is 7.90. The second-order valence-electron chi connectivity index (χ2n) is 4.19. The number of hydrogen-bond donors (Lipinski definition) is 2. The van der Waals surface area contributed by atoms with Gasteiger partial charge >= 0.3 is 0 Å². The van der Waals surface area contributed by atoms with E-state index in [0.717, 1.165) is 6.42 Å². The first-order valence-corrected chi connectivity index (χ1v) is 7.51. The quantitative estimate of drug-likeness (QED) is 0.761. The van der Waals surface area contributed by atoms with Crippen molar-refractivity contribution in [1.29, 1.82) is 0 Å². The number of sulfone groups is 1. The second-order valence-corrected chi connectivity index (χ2v) is 6.17. The smallest absolute Gasteiger partial charge is 0.177 e. The number of aliphatic hydroxyl groups is 1. The fourth-order valence-corrected chi connectivity index (χ4v) is 2.42. The summed E-state index contributed by atoms with van der Waals surface area (Å²) in [6.07, 6.45) is 2.38. The predicted octanol–water partition coefficient (Wildman–Crippen LogP) is 1.66. The highest BCUT2D eigenvalue weighted by Gasteiger charge is 2.11. The van der Waals surface area contributed by atoms with E-state index in [2.05, 4.69) is 5.32 Å². The molecule has 4 nitrogen and oxygen atoms in total. The molecule has 96 valence electrons. The molecule has 0 amide bonds. The van der Waals surface area contributed by atoms with Crippen molar-refractivity contribution < 1.29 is 13.5 Å². The van der Waals surface area contributed by atoms with Gasteiger partial charge < -0.3 is 10.4 Å². The molecular weight excluding hydrogens is 238 g/mol. The predicted molar refractivity (Wildman–Crippen MR) is 69.0 cm³/mol. The van der Waals surface area contributed by atoms with E-state index in [1.54, 1.807) is 31.2 Å². The zero-order chi connectivity index (χ0) is 12.9. The van der Waals surface area contributed by atoms with Crippen molar-refractivity contribution in [2.75, 3.05) is 18.1 Å². The largest absolute Gasteiger partial charge is 0.393 e. The molecule has 1 atom stereocenters. The first kappa shape index (κ1) is 14.0. The molecule has 0 aliphatic rings. The number of rotatable bonds is 6. The lowest BCUT2D eigenvalue weighted by molar-refractivity contribution is 0.183. The van der Waals surface area contributed by atoms with Crippen molar-refractivity contribution in [2.24, 2.45) is 0 Å². The number of aliphatic hydroxyl groups excluding tert-OH is 1. The van der Waals surface area contributed by atoms with Crippen LogP contribution in [0, 0.1) is 0 Å². The molecule has 0 aliphatic carbocycles. The first-order valence-electron chi connectivity index (χ1n) is 5.62. The molecule has 5 heteroatoms. The van der Waals surface area contributed by atoms with Gasteiger partial charge in [0.05, 0.1) is 16.7 Å². The molecule has 17 heavy (non-hydrogen) atoms. The number of anilines is 1. The lowest BCUT2D eigenvalue weighted by Crippen LogP contribution is -2.09. The summed E-state index contributed by atoms with van der Waals surface area (Å²) in [5.74, 6) is 0. The van der Waals surface area contributed by atoms with Gasteiger partial charge in [-0.25, -0.2) is 8.42 Å². The van der Waals surface area contributed by atoms with Gasteiger partial charge in [0.15, 0.2) is 9.84 Å². The van der Waals surface area contributed by atoms with Crippen molar-refractivity contribution in [3.8, 4) is 0 Å². The summed E-state index contributed by atoms with van der Waals surface area (Å²) < 4.78 is 23.0. The van der Waals surface area contributed by atoms with Crippen LogP contribution >= 0.6 is 0 Å². The lowest BCUT2D eigenvalue weighted by Gasteiger charge is -2.11. The Labute approximate surface area is 103 Å². The summed E-state index contributed by atoms with van der Waals surface area (Å²) in [6.45, 7) is 2.39. The Morgan fingerprint density at radius 1 is 1.35 bits per heavy atom. The highest BCUT2D eigenvalue weighted by atomic mass is 32.2. The molecule has 1 rings (SSSR count). The Hall–Kier alpha value is -1.07. The van der Waals surface area contributed by atoms with Crippen LogP contribution < -0.4 is 5.32 Å². The molecule has 0 aliphatic heterocycles. The molecule has 0 spiro atoms. The molecule has 0 bridgehead atoms. The van der Waals surface area contributed by atoms with Gasteiger partial charge in [0, 0.05) is 12.8 Å². The normalized spacial score (nSPS) is 13.4. The van der Waals surface area contributed by atoms with Gasteiger partial charge in [-0.15, -0.1) is 0 Å². The molecule has 1 aromatic rings. The lowest BCUT2D eigenvalue weighted by atomic mass is 10.2. The van der Waals surface area contributed by atoms with E-state index in [9.17, 15) is 8.42 Å². The van der Waals surface area contributed by atoms with Crippen LogP contribution in [-0.2, 0) is 9.84 Å². The van der Waals surface area contributed by atoms with Crippen LogP contribution in [0.25, 0.3) is 0 Å². The maximum Gasteiger partial charge on any atom is 0.177 e. The van der Waals surface area contributed by atoms with E-state index in [1.807, 2.05) is 0 Å². The molecule has 2 N–H and O–H groups in total. The van der Waals surface area contributed by atoms with Gasteiger partial charge in [-0.3, -0.25) is 0 Å². The molecule has 0 heterocycles. The van der Waals surface area contributed by atoms with Gasteiger partial charge in [0.1, 0.15) is 0 Å². The minimum atomic E-state index is -3.20. The van der Waals surface area contributed by atoms with Crippen molar-refractivity contribution in [3.05, 3.63) is 24.3 Å². The van der Waals surface area contributed by atoms with Gasteiger partial charge in [0.2, 0.25) is 0 Å². The van der Waals surface area contributed by atoms with Crippen LogP contribution in [0.5, 0.6) is 0 Å². The Morgan fingerprint density at radius 2 is 2.00 bits per heavy atom. The first-order chi connectivity index (χ1) is 7.91. The van der Waals surface area contributed by atoms with Gasteiger partial charge in [-0.1, -0.05) is 12.1 Å². The number of benzene rings is 1. The summed E-state index contributed by atoms with van der Waals surface area (Å²) in [4.78, 5) is 0.317. The van der Waals surface area contributed by atoms with Crippen LogP contribution in [0.4, 0.5) is 5.69 Å². The third kappa shape index (κ3) is 4.75. The molecule has 0 radical (unpaired) electrons. The van der Waals surface area contributed by atoms with E-state index < -0.39 is 9.84 Å². The minimum absolute atomic E-state index is 0.317. The standard InChI is InChI=1S/C12H19NO3S/c1-10(14)6-5-9-13-11-7-3-4-8-12(11)17(2,15)16/h3-4,7-8,10,13-14H,5-6,9H2,1-2H3. The SMILES string of the molecule is CC(O)CCCNc1ccccc1S(C)(=O)=O. The Balaban J connectivity index is 2.65. The monoisotopic (exact) mass is 257 g/mol. The second kappa shape index (κ2) is 6.02. The highest BCUT2D eigenvalue weighted by Crippen LogP contribution is 2.20. The maximum atomic E-state index is 11.5. The van der Waals surface area contributed by atoms with Crippen molar-refractivity contribution >= 4 is 15.5 Å². The average molecular weight is 257 g/mol. The number of hydrogen-bond acceptors (Lipinski definition) is 4. The molecule has 0 fully saturated rings. The molecule has 0 saturated carbocycles. The Bertz CT molecular complexity index is 455. The van der Waals surface area contributed by atoms with Crippen molar-refractivity contribution in [3.63, 3.8) is 0 Å². The Morgan fingerprint density at radius 3 is 2.59 bits per heavy atom. The van der Waals surface area contributed by atoms with Gasteiger partial charge in [-0.2, -0.15) is 0 Å². The van der Waals surface area contributed by atoms with E-state index in [1.165, 1.54) is 6.26 Å². The molecule has 0 saturated heterocycles. The summed E-state index contributed by atoms with van der Waals surface area (Å²) in [6, 6.07) is 6.84. The molecular formula is C12H19NO3S. The third-order valence-electron chi connectivity index (χ3n) is 2.40. The van der Waals surface area contributed by atoms with Crippen LogP contribution in [0.15, 0.2) is 29.2 Å². The van der Waals surface area contributed by atoms with E-state index in [0.29, 0.717) is 23.5 Å². The van der Waals surface area contributed by atoms with E-state index in [-0.39, 0.29) is 6.10 Å². The summed E-state index contributed by atoms with van der Waals surface area (Å²) in [5, 5.41) is 12.2. The summed E-state index contributed by atoms with van der Waals surface area (Å²) >= 11 is 0. The van der Waals surface area contributed by atoms with Crippen LogP contribution in [0.2, 0.25) is 0 Å². The van der Waals surface area contributed by atoms with E-state index >= 15 is 0 Å². The zero-order valence-corrected chi connectivity index (χ0v) is 11.0. The third-order valence-corrected chi connectivity index (χ3v) is 3.56. The average Bonchev–Trinajstić information content (AvgIpc) is 2.23. The molecule has 1 aromatic carbocycles. The fraction of sp³-hybridized carbons (Fsp3) is 0.500. The molecule has 1 unspecified atom stereocenters. The minimum Gasteiger partial charge on any atom is -0.393 e. The molecule has 0 aromatic heterocycles. The van der Waals surface area contributed by atoms with Gasteiger partial charge in [0.25, 0.3) is 0 Å². The van der Waals surface area contributed by atoms with Crippen LogP contribution in [0.1, 0.15) is 19.8 Å². The number of nitrogens with one attached hydrogen (secondary N) is 1. The Kier molecular flexibility index (Phi) is 4.96. The van der Waals surface area contributed by atoms with Crippen LogP contribution in [-0.4, -0.2) is 32.4 Å². The summed E-state index contributed by atoms with van der Waals surface area (Å²) in [5.41, 5.74) is 0.626. The van der Waals surface area contributed by atoms with Crippen molar-refractivity contribution in [1.82, 2.24) is 0 Å². The fourth-order valence-electron chi connectivity index (χ4n) is 1.56. The van der Waals surface area contributed by atoms with Gasteiger partial charge in [-0.05, 0) is 31.9 Å². The van der Waals surface area contributed by atoms with E-state index in [4.69, 9.17) is 5.11 Å². The van der Waals surface area contributed by atoms with Crippen molar-refractivity contribution in [2.45, 2.75) is 30.8 Å². The zero-order valence-electron chi connectivity index (χ0n) is 10.2. The summed E-state index contributed by atoms with van der Waals surface area (Å²) in [7, 11) is -3.20. The van der Waals surface area contributed by atoms with Crippen LogP contribution in [0.3, 0.4) is 0 Å².